The van der Waals surface area contributed by atoms with E-state index in [-0.39, 0.29) is 19.0 Å². The Balaban J connectivity index is 3.83. The van der Waals surface area contributed by atoms with Crippen molar-refractivity contribution in [1.29, 1.82) is 0 Å². The van der Waals surface area contributed by atoms with Crippen LogP contribution >= 0.6 is 35.6 Å². The summed E-state index contributed by atoms with van der Waals surface area (Å²) in [5, 5.41) is 8.54. The third-order valence-corrected chi connectivity index (χ3v) is 4.19. The van der Waals surface area contributed by atoms with Crippen LogP contribution in [0.4, 0.5) is 0 Å². The first kappa shape index (κ1) is 14.3. The summed E-state index contributed by atoms with van der Waals surface area (Å²) in [4.78, 5) is 21.4. The number of nitrogens with one attached hydrogen (secondary N) is 1. The van der Waals surface area contributed by atoms with Crippen molar-refractivity contribution in [2.24, 2.45) is 0 Å². The molecule has 0 bridgehead atoms. The van der Waals surface area contributed by atoms with Gasteiger partial charge in [-0.25, -0.2) is 8.45 Å². The van der Waals surface area contributed by atoms with Crippen molar-refractivity contribution < 1.29 is 23.0 Å². The number of carboxylic acid groups (broad SMARTS) is 1. The van der Waals surface area contributed by atoms with Crippen LogP contribution in [0.2, 0.25) is 0 Å². The molecule has 84 valence electrons. The molecule has 0 fully saturated rings. The van der Waals surface area contributed by atoms with Crippen molar-refractivity contribution in [3.8, 4) is 0 Å². The summed E-state index contributed by atoms with van der Waals surface area (Å²) in [7, 11) is -3.62. The van der Waals surface area contributed by atoms with Crippen LogP contribution in [-0.2, 0) is 13.0 Å². The van der Waals surface area contributed by atoms with E-state index < -0.39 is 19.6 Å². The average Bonchev–Trinajstić information content (AvgIpc) is 2.12. The van der Waals surface area contributed by atoms with Crippen molar-refractivity contribution in [2.45, 2.75) is 18.9 Å². The van der Waals surface area contributed by atoms with Gasteiger partial charge in [0.1, 0.15) is 22.3 Å². The van der Waals surface area contributed by atoms with E-state index in [1.165, 1.54) is 0 Å². The molecule has 2 atom stereocenters. The molecule has 0 aliphatic rings. The third kappa shape index (κ3) is 5.95. The summed E-state index contributed by atoms with van der Waals surface area (Å²) in [5.41, 5.74) is 0. The quantitative estimate of drug-likeness (QED) is 0.487. The highest BCUT2D eigenvalue weighted by atomic mass is 79.9. The third-order valence-electron chi connectivity index (χ3n) is 1.47. The van der Waals surface area contributed by atoms with Gasteiger partial charge in [0, 0.05) is 0 Å². The summed E-state index contributed by atoms with van der Waals surface area (Å²) < 4.78 is 15.0. The average molecular weight is 310 g/mol. The van der Waals surface area contributed by atoms with Crippen molar-refractivity contribution in [3.63, 3.8) is 0 Å². The summed E-state index contributed by atoms with van der Waals surface area (Å²) in [6.45, 7) is 0. The molecule has 0 saturated heterocycles. The Kier molecular flexibility index (Phi) is 6.93. The first-order valence-electron chi connectivity index (χ1n) is 3.64. The van der Waals surface area contributed by atoms with Gasteiger partial charge in [0.2, 0.25) is 0 Å². The zero-order valence-electron chi connectivity index (χ0n) is 7.02. The van der Waals surface area contributed by atoms with Crippen LogP contribution in [0.3, 0.4) is 0 Å². The number of hydrogen-bond acceptors (Lipinski definition) is 4. The van der Waals surface area contributed by atoms with Crippen LogP contribution in [0.1, 0.15) is 12.8 Å². The van der Waals surface area contributed by atoms with E-state index in [0.29, 0.717) is 0 Å². The summed E-state index contributed by atoms with van der Waals surface area (Å²) in [5.74, 6) is -1.10. The fraction of sp³-hybridized carbons (Fsp3) is 0.800. The predicted molar refractivity (Wildman–Crippen MR) is 54.4 cm³/mol. The molecule has 0 aromatic rings. The standard InChI is InChI=1S/C5H10BrClNO5P/c6-13-14(11,12)3-1-2-4(8-7)5(9)10/h4,8H,1-3H2,(H,9,10)(H,11,12). The van der Waals surface area contributed by atoms with Crippen molar-refractivity contribution in [1.82, 2.24) is 4.84 Å². The molecule has 9 heteroatoms. The van der Waals surface area contributed by atoms with Crippen LogP contribution in [0.25, 0.3) is 0 Å². The second kappa shape index (κ2) is 6.76. The molecule has 0 spiro atoms. The van der Waals surface area contributed by atoms with Gasteiger partial charge in [-0.15, -0.1) is 0 Å². The van der Waals surface area contributed by atoms with E-state index in [4.69, 9.17) is 21.8 Å². The van der Waals surface area contributed by atoms with E-state index in [1.807, 2.05) is 0 Å². The lowest BCUT2D eigenvalue weighted by molar-refractivity contribution is -0.139. The molecule has 0 aromatic carbocycles. The molecule has 3 N–H and O–H groups in total. The van der Waals surface area contributed by atoms with E-state index >= 15 is 0 Å². The zero-order chi connectivity index (χ0) is 11.2. The molecule has 0 saturated carbocycles. The molecule has 0 aromatic heterocycles. The SMILES string of the molecule is O=C(O)C(CCCP(=O)(O)OBr)NCl. The molecule has 0 aliphatic heterocycles. The topological polar surface area (TPSA) is 95.9 Å². The fourth-order valence-electron chi connectivity index (χ4n) is 0.754. The second-order valence-electron chi connectivity index (χ2n) is 2.57. The molecular formula is C5H10BrClNO5P. The molecule has 0 radical (unpaired) electrons. The summed E-state index contributed by atoms with van der Waals surface area (Å²) in [6.07, 6.45) is 0.246. The summed E-state index contributed by atoms with van der Waals surface area (Å²) in [6, 6.07) is -0.924. The maximum Gasteiger partial charge on any atom is 0.339 e. The molecule has 6 nitrogen and oxygen atoms in total. The lowest BCUT2D eigenvalue weighted by Crippen LogP contribution is -2.30. The molecule has 14 heavy (non-hydrogen) atoms. The van der Waals surface area contributed by atoms with E-state index in [9.17, 15) is 9.36 Å². The van der Waals surface area contributed by atoms with Gasteiger partial charge in [-0.3, -0.25) is 9.36 Å². The smallest absolute Gasteiger partial charge is 0.339 e. The van der Waals surface area contributed by atoms with Gasteiger partial charge in [-0.1, -0.05) is 0 Å². The Morgan fingerprint density at radius 2 is 2.29 bits per heavy atom. The van der Waals surface area contributed by atoms with E-state index in [2.05, 4.69) is 24.7 Å². The number of carboxylic acids is 1. The van der Waals surface area contributed by atoms with Crippen molar-refractivity contribution >= 4 is 41.6 Å². The minimum atomic E-state index is -3.62. The largest absolute Gasteiger partial charge is 0.480 e. The van der Waals surface area contributed by atoms with E-state index in [1.54, 1.807) is 0 Å². The highest BCUT2D eigenvalue weighted by Gasteiger charge is 2.21. The molecular weight excluding hydrogens is 300 g/mol. The maximum atomic E-state index is 10.9. The lowest BCUT2D eigenvalue weighted by atomic mass is 10.2. The predicted octanol–water partition coefficient (Wildman–Crippen LogP) is 1.48. The van der Waals surface area contributed by atoms with Crippen molar-refractivity contribution in [3.05, 3.63) is 0 Å². The number of halogens is 2. The molecule has 0 heterocycles. The molecule has 0 aliphatic carbocycles. The monoisotopic (exact) mass is 309 g/mol. The maximum absolute atomic E-state index is 10.9. The Labute approximate surface area is 94.7 Å². The highest BCUT2D eigenvalue weighted by molar-refractivity contribution is 9.06. The van der Waals surface area contributed by atoms with Crippen molar-refractivity contribution in [2.75, 3.05) is 6.16 Å². The Morgan fingerprint density at radius 3 is 2.64 bits per heavy atom. The first-order chi connectivity index (χ1) is 6.43. The molecule has 0 rings (SSSR count). The van der Waals surface area contributed by atoms with Crippen LogP contribution in [0, 0.1) is 0 Å². The minimum Gasteiger partial charge on any atom is -0.480 e. The molecule has 0 amide bonds. The van der Waals surface area contributed by atoms with Crippen LogP contribution < -0.4 is 4.84 Å². The second-order valence-corrected chi connectivity index (χ2v) is 5.52. The van der Waals surface area contributed by atoms with Gasteiger partial charge in [-0.05, 0) is 24.6 Å². The van der Waals surface area contributed by atoms with Gasteiger partial charge in [-0.2, -0.15) is 0 Å². The lowest BCUT2D eigenvalue weighted by Gasteiger charge is -2.10. The van der Waals surface area contributed by atoms with Gasteiger partial charge < -0.3 is 10.00 Å². The Morgan fingerprint density at radius 1 is 1.71 bits per heavy atom. The normalized spacial score (nSPS) is 17.4. The van der Waals surface area contributed by atoms with Gasteiger partial charge in [0.05, 0.1) is 6.16 Å². The van der Waals surface area contributed by atoms with Crippen LogP contribution in [0.5, 0.6) is 0 Å². The summed E-state index contributed by atoms with van der Waals surface area (Å²) >= 11 is 7.56. The number of aliphatic carboxylic acids is 1. The minimum absolute atomic E-state index is 0.124. The first-order valence-corrected chi connectivity index (χ1v) is 6.43. The van der Waals surface area contributed by atoms with Gasteiger partial charge >= 0.3 is 13.6 Å². The van der Waals surface area contributed by atoms with E-state index in [0.717, 1.165) is 0 Å². The zero-order valence-corrected chi connectivity index (χ0v) is 10.3. The number of hydrogen-bond donors (Lipinski definition) is 3. The molecule has 2 unspecified atom stereocenters. The highest BCUT2D eigenvalue weighted by Crippen LogP contribution is 2.44. The Hall–Kier alpha value is 0.350. The Bertz CT molecular complexity index is 240. The van der Waals surface area contributed by atoms with Crippen LogP contribution in [0.15, 0.2) is 0 Å². The van der Waals surface area contributed by atoms with Crippen LogP contribution in [-0.4, -0.2) is 28.2 Å². The van der Waals surface area contributed by atoms with Gasteiger partial charge in [0.25, 0.3) is 0 Å². The number of carbonyl (C=O) groups is 1. The fourth-order valence-corrected chi connectivity index (χ4v) is 2.04. The van der Waals surface area contributed by atoms with Gasteiger partial charge in [0.15, 0.2) is 0 Å². The number of rotatable bonds is 7.